The molecule has 0 unspecified atom stereocenters. The molecule has 3 rings (SSSR count). The van der Waals surface area contributed by atoms with Gasteiger partial charge in [0.1, 0.15) is 12.4 Å². The first-order chi connectivity index (χ1) is 13.1. The van der Waals surface area contributed by atoms with E-state index in [0.717, 1.165) is 5.56 Å². The summed E-state index contributed by atoms with van der Waals surface area (Å²) in [6.45, 7) is 3.63. The molecule has 1 heterocycles. The minimum atomic E-state index is -0.186. The summed E-state index contributed by atoms with van der Waals surface area (Å²) in [5.74, 6) is 0.350. The van der Waals surface area contributed by atoms with Gasteiger partial charge >= 0.3 is 5.97 Å². The van der Waals surface area contributed by atoms with Crippen molar-refractivity contribution in [2.75, 3.05) is 20.2 Å². The summed E-state index contributed by atoms with van der Waals surface area (Å²) < 4.78 is 10.7. The minimum Gasteiger partial charge on any atom is -0.489 e. The predicted octanol–water partition coefficient (Wildman–Crippen LogP) is 3.60. The van der Waals surface area contributed by atoms with Gasteiger partial charge in [-0.15, -0.1) is 0 Å². The fraction of sp³-hybridized carbons (Fsp3) is 0.364. The van der Waals surface area contributed by atoms with Gasteiger partial charge in [-0.25, -0.2) is 0 Å². The van der Waals surface area contributed by atoms with Gasteiger partial charge in [0.25, 0.3) is 5.91 Å². The van der Waals surface area contributed by atoms with E-state index in [1.54, 1.807) is 17.0 Å². The fourth-order valence-corrected chi connectivity index (χ4v) is 3.36. The first kappa shape index (κ1) is 19.0. The fourth-order valence-electron chi connectivity index (χ4n) is 3.36. The Bertz CT molecular complexity index is 809. The summed E-state index contributed by atoms with van der Waals surface area (Å²) in [7, 11) is 1.40. The topological polar surface area (TPSA) is 55.8 Å². The second kappa shape index (κ2) is 8.71. The lowest BCUT2D eigenvalue weighted by atomic mass is 9.96. The zero-order valence-electron chi connectivity index (χ0n) is 15.8. The Kier molecular flexibility index (Phi) is 6.12. The molecule has 5 nitrogen and oxygen atoms in total. The van der Waals surface area contributed by atoms with Crippen LogP contribution in [0.2, 0.25) is 0 Å². The largest absolute Gasteiger partial charge is 0.489 e. The molecule has 0 N–H and O–H groups in total. The summed E-state index contributed by atoms with van der Waals surface area (Å²) in [6.07, 6.45) is 1.28. The van der Waals surface area contributed by atoms with Gasteiger partial charge in [-0.05, 0) is 43.5 Å². The Morgan fingerprint density at radius 1 is 1.07 bits per heavy atom. The molecule has 27 heavy (non-hydrogen) atoms. The van der Waals surface area contributed by atoms with E-state index in [-0.39, 0.29) is 17.8 Å². The second-order valence-corrected chi connectivity index (χ2v) is 6.90. The number of carbonyl (C=O) groups is 2. The van der Waals surface area contributed by atoms with Crippen molar-refractivity contribution in [1.29, 1.82) is 0 Å². The number of ether oxygens (including phenoxy) is 2. The van der Waals surface area contributed by atoms with Gasteiger partial charge in [0.05, 0.1) is 13.0 Å². The third kappa shape index (κ3) is 4.88. The number of rotatable bonds is 5. The van der Waals surface area contributed by atoms with Crippen molar-refractivity contribution in [3.63, 3.8) is 0 Å². The lowest BCUT2D eigenvalue weighted by molar-refractivity contribution is -0.146. The van der Waals surface area contributed by atoms with Crippen molar-refractivity contribution in [1.82, 2.24) is 4.90 Å². The number of methoxy groups -OCH3 is 1. The van der Waals surface area contributed by atoms with E-state index >= 15 is 0 Å². The van der Waals surface area contributed by atoms with Crippen LogP contribution < -0.4 is 4.74 Å². The molecular formula is C22H25NO4. The first-order valence-electron chi connectivity index (χ1n) is 9.22. The molecule has 0 aromatic heterocycles. The summed E-state index contributed by atoms with van der Waals surface area (Å²) in [6, 6.07) is 15.4. The van der Waals surface area contributed by atoms with Gasteiger partial charge in [0.15, 0.2) is 0 Å². The van der Waals surface area contributed by atoms with Gasteiger partial charge in [-0.1, -0.05) is 35.9 Å². The number of hydrogen-bond acceptors (Lipinski definition) is 4. The average Bonchev–Trinajstić information content (AvgIpc) is 2.71. The molecule has 1 fully saturated rings. The molecule has 5 heteroatoms. The zero-order valence-corrected chi connectivity index (χ0v) is 15.8. The number of benzene rings is 2. The number of hydrogen-bond donors (Lipinski definition) is 0. The van der Waals surface area contributed by atoms with Gasteiger partial charge < -0.3 is 14.4 Å². The number of piperidine rings is 1. The third-order valence-corrected chi connectivity index (χ3v) is 4.89. The number of carbonyl (C=O) groups excluding carboxylic acids is 2. The molecule has 142 valence electrons. The van der Waals surface area contributed by atoms with Crippen LogP contribution in [0.15, 0.2) is 48.5 Å². The molecule has 0 radical (unpaired) electrons. The summed E-state index contributed by atoms with van der Waals surface area (Å²) in [5, 5.41) is 0. The molecule has 0 aliphatic carbocycles. The van der Waals surface area contributed by atoms with Crippen LogP contribution >= 0.6 is 0 Å². The Labute approximate surface area is 159 Å². The van der Waals surface area contributed by atoms with Crippen LogP contribution in [-0.4, -0.2) is 37.0 Å². The quantitative estimate of drug-likeness (QED) is 0.758. The average molecular weight is 367 g/mol. The zero-order chi connectivity index (χ0) is 19.2. The number of amides is 1. The van der Waals surface area contributed by atoms with Crippen LogP contribution in [0.1, 0.15) is 34.3 Å². The van der Waals surface area contributed by atoms with Gasteiger partial charge in [-0.3, -0.25) is 9.59 Å². The number of esters is 1. The molecule has 0 atom stereocenters. The Morgan fingerprint density at radius 2 is 1.81 bits per heavy atom. The molecule has 2 aromatic carbocycles. The molecular weight excluding hydrogens is 342 g/mol. The van der Waals surface area contributed by atoms with Crippen LogP contribution in [0.25, 0.3) is 0 Å². The normalized spacial score (nSPS) is 14.7. The molecule has 1 aliphatic rings. The van der Waals surface area contributed by atoms with E-state index in [1.165, 1.54) is 12.7 Å². The van der Waals surface area contributed by atoms with Crippen molar-refractivity contribution in [2.24, 2.45) is 5.92 Å². The molecule has 0 spiro atoms. The lowest BCUT2D eigenvalue weighted by Gasteiger charge is -2.30. The van der Waals surface area contributed by atoms with Crippen LogP contribution in [0.5, 0.6) is 5.75 Å². The van der Waals surface area contributed by atoms with Gasteiger partial charge in [0.2, 0.25) is 0 Å². The summed E-state index contributed by atoms with van der Waals surface area (Å²) in [5.41, 5.74) is 2.89. The highest BCUT2D eigenvalue weighted by Crippen LogP contribution is 2.22. The van der Waals surface area contributed by atoms with E-state index < -0.39 is 0 Å². The standard InChI is InChI=1S/C22H25NO4/c1-16-5-3-6-17(13-16)15-27-20-8-4-7-19(14-20)21(24)23-11-9-18(10-12-23)22(25)26-2/h3-8,13-14,18H,9-12,15H2,1-2H3. The number of nitrogens with zero attached hydrogens (tertiary/aromatic N) is 1. The maximum atomic E-state index is 12.8. The summed E-state index contributed by atoms with van der Waals surface area (Å²) in [4.78, 5) is 26.2. The van der Waals surface area contributed by atoms with Crippen LogP contribution in [0.3, 0.4) is 0 Å². The predicted molar refractivity (Wildman–Crippen MR) is 103 cm³/mol. The molecule has 2 aromatic rings. The smallest absolute Gasteiger partial charge is 0.308 e. The second-order valence-electron chi connectivity index (χ2n) is 6.90. The number of likely N-dealkylation sites (tertiary alicyclic amines) is 1. The lowest BCUT2D eigenvalue weighted by Crippen LogP contribution is -2.40. The van der Waals surface area contributed by atoms with Crippen molar-refractivity contribution in [3.05, 3.63) is 65.2 Å². The van der Waals surface area contributed by atoms with Crippen molar-refractivity contribution >= 4 is 11.9 Å². The monoisotopic (exact) mass is 367 g/mol. The highest BCUT2D eigenvalue weighted by molar-refractivity contribution is 5.94. The molecule has 1 aliphatic heterocycles. The SMILES string of the molecule is COC(=O)C1CCN(C(=O)c2cccc(OCc3cccc(C)c3)c2)CC1. The molecule has 1 amide bonds. The highest BCUT2D eigenvalue weighted by atomic mass is 16.5. The molecule has 0 bridgehead atoms. The van der Waals surface area contributed by atoms with Crippen molar-refractivity contribution in [3.8, 4) is 5.75 Å². The van der Waals surface area contributed by atoms with E-state index in [2.05, 4.69) is 6.07 Å². The molecule has 0 saturated carbocycles. The maximum Gasteiger partial charge on any atom is 0.308 e. The highest BCUT2D eigenvalue weighted by Gasteiger charge is 2.28. The van der Waals surface area contributed by atoms with Crippen LogP contribution in [0.4, 0.5) is 0 Å². The van der Waals surface area contributed by atoms with E-state index in [4.69, 9.17) is 9.47 Å². The Morgan fingerprint density at radius 3 is 2.52 bits per heavy atom. The maximum absolute atomic E-state index is 12.8. The first-order valence-corrected chi connectivity index (χ1v) is 9.22. The van der Waals surface area contributed by atoms with E-state index in [1.807, 2.05) is 37.3 Å². The third-order valence-electron chi connectivity index (χ3n) is 4.89. The Hall–Kier alpha value is -2.82. The van der Waals surface area contributed by atoms with E-state index in [0.29, 0.717) is 43.9 Å². The molecule has 1 saturated heterocycles. The van der Waals surface area contributed by atoms with Gasteiger partial charge in [-0.2, -0.15) is 0 Å². The van der Waals surface area contributed by atoms with Crippen LogP contribution in [0, 0.1) is 12.8 Å². The Balaban J connectivity index is 1.60. The van der Waals surface area contributed by atoms with Crippen molar-refractivity contribution < 1.29 is 19.1 Å². The van der Waals surface area contributed by atoms with Crippen molar-refractivity contribution in [2.45, 2.75) is 26.4 Å². The summed E-state index contributed by atoms with van der Waals surface area (Å²) >= 11 is 0. The van der Waals surface area contributed by atoms with Gasteiger partial charge in [0, 0.05) is 18.7 Å². The van der Waals surface area contributed by atoms with E-state index in [9.17, 15) is 9.59 Å². The van der Waals surface area contributed by atoms with Crippen LogP contribution in [-0.2, 0) is 16.1 Å². The number of aryl methyl sites for hydroxylation is 1. The minimum absolute atomic E-state index is 0.0284.